The van der Waals surface area contributed by atoms with Crippen LogP contribution in [0.5, 0.6) is 11.5 Å². The van der Waals surface area contributed by atoms with Gasteiger partial charge in [-0.05, 0) is 48.6 Å². The molecule has 0 spiro atoms. The molecule has 0 saturated heterocycles. The van der Waals surface area contributed by atoms with Crippen LogP contribution in [0.2, 0.25) is 0 Å². The van der Waals surface area contributed by atoms with Crippen LogP contribution in [0.15, 0.2) is 24.3 Å². The molecule has 0 amide bonds. The van der Waals surface area contributed by atoms with Crippen LogP contribution in [0.3, 0.4) is 0 Å². The van der Waals surface area contributed by atoms with Crippen molar-refractivity contribution in [3.63, 3.8) is 0 Å². The van der Waals surface area contributed by atoms with Crippen molar-refractivity contribution >= 4 is 16.8 Å². The van der Waals surface area contributed by atoms with Gasteiger partial charge in [-0.2, -0.15) is 0 Å². The average Bonchev–Trinajstić information content (AvgIpc) is 3.01. The van der Waals surface area contributed by atoms with E-state index in [2.05, 4.69) is 71.1 Å². The fourth-order valence-electron chi connectivity index (χ4n) is 5.31. The highest BCUT2D eigenvalue weighted by Gasteiger charge is 2.38. The van der Waals surface area contributed by atoms with Crippen LogP contribution in [0.25, 0.3) is 11.1 Å². The smallest absolute Gasteiger partial charge is 0.140 e. The second kappa shape index (κ2) is 4.73. The molecule has 0 bridgehead atoms. The summed E-state index contributed by atoms with van der Waals surface area (Å²) in [5, 5.41) is 6.20. The van der Waals surface area contributed by atoms with Crippen LogP contribution < -0.4 is 20.5 Å². The van der Waals surface area contributed by atoms with Crippen LogP contribution in [0.4, 0.5) is 5.69 Å². The molecule has 2 aliphatic heterocycles. The van der Waals surface area contributed by atoms with Gasteiger partial charge in [-0.15, -0.1) is 0 Å². The second-order valence-corrected chi connectivity index (χ2v) is 9.54. The van der Waals surface area contributed by atoms with Gasteiger partial charge in [0.25, 0.3) is 0 Å². The first-order valence-electron chi connectivity index (χ1n) is 9.64. The van der Waals surface area contributed by atoms with Gasteiger partial charge in [0.1, 0.15) is 11.5 Å². The van der Waals surface area contributed by atoms with Crippen molar-refractivity contribution in [3.8, 4) is 11.5 Å². The van der Waals surface area contributed by atoms with Crippen molar-refractivity contribution in [3.05, 3.63) is 51.4 Å². The fraction of sp³-hybridized carbons (Fsp3) is 0.417. The highest BCUT2D eigenvalue weighted by Crippen LogP contribution is 2.49. The first kappa shape index (κ1) is 16.0. The number of fused-ring (bicyclic) bond motifs is 6. The summed E-state index contributed by atoms with van der Waals surface area (Å²) in [5.74, 6) is 2.15. The van der Waals surface area contributed by atoms with E-state index in [1.165, 1.54) is 44.0 Å². The molecule has 26 heavy (non-hydrogen) atoms. The zero-order chi connectivity index (χ0) is 18.4. The van der Waals surface area contributed by atoms with Gasteiger partial charge in [-0.3, -0.25) is 0 Å². The third-order valence-corrected chi connectivity index (χ3v) is 6.57. The summed E-state index contributed by atoms with van der Waals surface area (Å²) in [5.41, 5.74) is 8.18. The second-order valence-electron chi connectivity index (χ2n) is 9.54. The molecule has 2 heterocycles. The number of anilines is 1. The summed E-state index contributed by atoms with van der Waals surface area (Å²) in [6.45, 7) is 14.8. The zero-order valence-electron chi connectivity index (χ0n) is 16.6. The standard InChI is InChI=1S/C24H27NO/c1-13-11-23(3,4)19-15(13)7-8-16-14(2)17-9-10-18-20(22(17)26-21(16)19)24(5,6)12-25-18/h7-10,25H,11-12H2,1-6H3. The first-order valence-corrected chi connectivity index (χ1v) is 9.64. The Morgan fingerprint density at radius 1 is 0.846 bits per heavy atom. The van der Waals surface area contributed by atoms with E-state index in [1.54, 1.807) is 0 Å². The SMILES string of the molecule is CC1=c2ccc3c(c2Oc2c1ccc1c2C(C)(C)CN1)C(C)(C)CC=3C. The normalized spacial score (nSPS) is 20.7. The predicted octanol–water partition coefficient (Wildman–Crippen LogP) is 4.57. The summed E-state index contributed by atoms with van der Waals surface area (Å²) in [7, 11) is 0. The Kier molecular flexibility index (Phi) is 2.91. The maximum Gasteiger partial charge on any atom is 0.140 e. The summed E-state index contributed by atoms with van der Waals surface area (Å²) >= 11 is 0. The molecule has 0 fully saturated rings. The number of benzene rings is 2. The van der Waals surface area contributed by atoms with Gasteiger partial charge in [-0.1, -0.05) is 45.4 Å². The van der Waals surface area contributed by atoms with Crippen LogP contribution >= 0.6 is 0 Å². The van der Waals surface area contributed by atoms with Crippen molar-refractivity contribution in [2.75, 3.05) is 11.9 Å². The lowest BCUT2D eigenvalue weighted by molar-refractivity contribution is 0.427. The molecule has 0 radical (unpaired) electrons. The maximum absolute atomic E-state index is 6.78. The van der Waals surface area contributed by atoms with E-state index in [9.17, 15) is 0 Å². The van der Waals surface area contributed by atoms with E-state index in [4.69, 9.17) is 4.74 Å². The molecule has 0 aromatic heterocycles. The number of hydrogen-bond acceptors (Lipinski definition) is 2. The maximum atomic E-state index is 6.78. The average molecular weight is 345 g/mol. The van der Waals surface area contributed by atoms with Gasteiger partial charge in [0.15, 0.2) is 0 Å². The minimum absolute atomic E-state index is 0.0774. The lowest BCUT2D eigenvalue weighted by Gasteiger charge is -2.30. The molecule has 2 aromatic carbocycles. The minimum atomic E-state index is 0.0774. The summed E-state index contributed by atoms with van der Waals surface area (Å²) in [6.07, 6.45) is 1.11. The van der Waals surface area contributed by atoms with E-state index in [1.807, 2.05) is 0 Å². The van der Waals surface area contributed by atoms with Crippen LogP contribution in [-0.2, 0) is 10.8 Å². The molecule has 1 N–H and O–H groups in total. The molecule has 2 heteroatoms. The van der Waals surface area contributed by atoms with E-state index in [0.717, 1.165) is 24.5 Å². The van der Waals surface area contributed by atoms with Crippen LogP contribution in [0, 0.1) is 0 Å². The van der Waals surface area contributed by atoms with Gasteiger partial charge in [0, 0.05) is 39.6 Å². The minimum Gasteiger partial charge on any atom is -0.455 e. The summed E-state index contributed by atoms with van der Waals surface area (Å²) in [4.78, 5) is 0. The quantitative estimate of drug-likeness (QED) is 0.755. The lowest BCUT2D eigenvalue weighted by Crippen LogP contribution is -2.28. The highest BCUT2D eigenvalue weighted by molar-refractivity contribution is 5.81. The number of nitrogens with one attached hydrogen (secondary N) is 1. The Morgan fingerprint density at radius 2 is 1.58 bits per heavy atom. The molecule has 1 aliphatic carbocycles. The fourth-order valence-corrected chi connectivity index (χ4v) is 5.31. The first-order chi connectivity index (χ1) is 12.2. The number of ether oxygens (including phenoxy) is 1. The van der Waals surface area contributed by atoms with Crippen LogP contribution in [-0.4, -0.2) is 6.54 Å². The molecule has 2 nitrogen and oxygen atoms in total. The van der Waals surface area contributed by atoms with Gasteiger partial charge >= 0.3 is 0 Å². The Bertz CT molecular complexity index is 1100. The molecular weight excluding hydrogens is 318 g/mol. The highest BCUT2D eigenvalue weighted by atomic mass is 16.5. The molecule has 2 aromatic rings. The van der Waals surface area contributed by atoms with Crippen molar-refractivity contribution in [1.29, 1.82) is 0 Å². The van der Waals surface area contributed by atoms with E-state index in [-0.39, 0.29) is 10.8 Å². The van der Waals surface area contributed by atoms with E-state index in [0.29, 0.717) is 0 Å². The molecule has 3 aliphatic rings. The third-order valence-electron chi connectivity index (χ3n) is 6.57. The molecule has 5 rings (SSSR count). The molecule has 0 saturated carbocycles. The zero-order valence-corrected chi connectivity index (χ0v) is 16.6. The van der Waals surface area contributed by atoms with E-state index < -0.39 is 0 Å². The monoisotopic (exact) mass is 345 g/mol. The van der Waals surface area contributed by atoms with Gasteiger partial charge in [0.05, 0.1) is 0 Å². The van der Waals surface area contributed by atoms with Gasteiger partial charge in [-0.25, -0.2) is 0 Å². The van der Waals surface area contributed by atoms with Crippen molar-refractivity contribution in [2.24, 2.45) is 0 Å². The molecular formula is C24H27NO. The van der Waals surface area contributed by atoms with E-state index >= 15 is 0 Å². The van der Waals surface area contributed by atoms with Crippen molar-refractivity contribution in [1.82, 2.24) is 0 Å². The van der Waals surface area contributed by atoms with Crippen molar-refractivity contribution in [2.45, 2.75) is 58.8 Å². The molecule has 0 unspecified atom stereocenters. The Morgan fingerprint density at radius 3 is 2.35 bits per heavy atom. The Hall–Kier alpha value is -2.22. The topological polar surface area (TPSA) is 21.3 Å². The largest absolute Gasteiger partial charge is 0.455 e. The number of rotatable bonds is 0. The summed E-state index contributed by atoms with van der Waals surface area (Å²) < 4.78 is 6.78. The Labute approximate surface area is 155 Å². The molecule has 134 valence electrons. The van der Waals surface area contributed by atoms with Crippen molar-refractivity contribution < 1.29 is 4.74 Å². The van der Waals surface area contributed by atoms with Gasteiger partial charge < -0.3 is 10.1 Å². The number of hydrogen-bond donors (Lipinski definition) is 1. The predicted molar refractivity (Wildman–Crippen MR) is 109 cm³/mol. The third kappa shape index (κ3) is 1.88. The summed E-state index contributed by atoms with van der Waals surface area (Å²) in [6, 6.07) is 9.00. The Balaban J connectivity index is 1.88. The van der Waals surface area contributed by atoms with Crippen LogP contribution in [0.1, 0.15) is 64.7 Å². The molecule has 0 atom stereocenters. The lowest BCUT2D eigenvalue weighted by atomic mass is 9.81. The van der Waals surface area contributed by atoms with Gasteiger partial charge in [0.2, 0.25) is 0 Å².